The topological polar surface area (TPSA) is 75.7 Å². The van der Waals surface area contributed by atoms with Crippen LogP contribution in [-0.2, 0) is 14.8 Å². The molecule has 0 saturated carbocycles. The molecular formula is C21H18F2N2O4S. The summed E-state index contributed by atoms with van der Waals surface area (Å²) >= 11 is 0. The standard InChI is InChI=1S/C21H18F2N2O4S/c1-29-16-12-10-15(11-13-16)25(30(27,28)17-6-3-2-4-7-17)14-20(26)24-21-18(22)8-5-9-19(21)23/h2-13H,14H2,1H3,(H,24,26). The molecule has 1 N–H and O–H groups in total. The minimum absolute atomic E-state index is 0.0364. The van der Waals surface area contributed by atoms with Crippen molar-refractivity contribution in [1.82, 2.24) is 0 Å². The monoisotopic (exact) mass is 432 g/mol. The zero-order valence-corrected chi connectivity index (χ0v) is 16.7. The second-order valence-corrected chi connectivity index (χ2v) is 8.03. The summed E-state index contributed by atoms with van der Waals surface area (Å²) < 4.78 is 60.0. The number of methoxy groups -OCH3 is 1. The molecule has 0 unspecified atom stereocenters. The maximum atomic E-state index is 13.9. The maximum Gasteiger partial charge on any atom is 0.264 e. The van der Waals surface area contributed by atoms with Crippen LogP contribution < -0.4 is 14.4 Å². The van der Waals surface area contributed by atoms with Crippen molar-refractivity contribution in [2.24, 2.45) is 0 Å². The van der Waals surface area contributed by atoms with Crippen molar-refractivity contribution in [1.29, 1.82) is 0 Å². The van der Waals surface area contributed by atoms with E-state index in [2.05, 4.69) is 5.32 Å². The number of carbonyl (C=O) groups excluding carboxylic acids is 1. The molecule has 30 heavy (non-hydrogen) atoms. The second-order valence-electron chi connectivity index (χ2n) is 6.17. The van der Waals surface area contributed by atoms with E-state index in [1.807, 2.05) is 0 Å². The van der Waals surface area contributed by atoms with Crippen LogP contribution in [0, 0.1) is 11.6 Å². The number of hydrogen-bond donors (Lipinski definition) is 1. The molecule has 1 amide bonds. The lowest BCUT2D eigenvalue weighted by Gasteiger charge is -2.24. The second kappa shape index (κ2) is 8.91. The van der Waals surface area contributed by atoms with E-state index in [0.29, 0.717) is 5.75 Å². The number of halogens is 2. The smallest absolute Gasteiger partial charge is 0.264 e. The number of nitrogens with one attached hydrogen (secondary N) is 1. The highest BCUT2D eigenvalue weighted by molar-refractivity contribution is 7.92. The van der Waals surface area contributed by atoms with Gasteiger partial charge in [0.25, 0.3) is 10.0 Å². The van der Waals surface area contributed by atoms with Crippen molar-refractivity contribution in [2.75, 3.05) is 23.3 Å². The van der Waals surface area contributed by atoms with Crippen molar-refractivity contribution in [3.05, 3.63) is 84.4 Å². The predicted octanol–water partition coefficient (Wildman–Crippen LogP) is 3.81. The van der Waals surface area contributed by atoms with E-state index in [0.717, 1.165) is 22.5 Å². The average molecular weight is 432 g/mol. The molecule has 156 valence electrons. The van der Waals surface area contributed by atoms with Crippen LogP contribution in [0.1, 0.15) is 0 Å². The Hall–Kier alpha value is -3.46. The summed E-state index contributed by atoms with van der Waals surface area (Å²) in [6.45, 7) is -0.697. The molecule has 0 aliphatic heterocycles. The van der Waals surface area contributed by atoms with Gasteiger partial charge in [0.05, 0.1) is 17.7 Å². The average Bonchev–Trinajstić information content (AvgIpc) is 2.75. The number of hydrogen-bond acceptors (Lipinski definition) is 4. The van der Waals surface area contributed by atoms with Gasteiger partial charge in [-0.05, 0) is 48.5 Å². The van der Waals surface area contributed by atoms with Gasteiger partial charge in [0.1, 0.15) is 29.6 Å². The Morgan fingerprint density at radius 1 is 0.933 bits per heavy atom. The summed E-state index contributed by atoms with van der Waals surface area (Å²) in [6.07, 6.45) is 0. The van der Waals surface area contributed by atoms with Crippen LogP contribution in [0.4, 0.5) is 20.2 Å². The van der Waals surface area contributed by atoms with Crippen LogP contribution in [0.15, 0.2) is 77.7 Å². The number of nitrogens with zero attached hydrogens (tertiary/aromatic N) is 1. The molecular weight excluding hydrogens is 414 g/mol. The van der Waals surface area contributed by atoms with E-state index >= 15 is 0 Å². The highest BCUT2D eigenvalue weighted by atomic mass is 32.2. The van der Waals surface area contributed by atoms with Crippen molar-refractivity contribution >= 4 is 27.3 Å². The Bertz CT molecular complexity index is 1120. The Morgan fingerprint density at radius 3 is 2.10 bits per heavy atom. The van der Waals surface area contributed by atoms with Crippen LogP contribution in [0.25, 0.3) is 0 Å². The van der Waals surface area contributed by atoms with E-state index in [9.17, 15) is 22.0 Å². The first-order valence-electron chi connectivity index (χ1n) is 8.78. The minimum Gasteiger partial charge on any atom is -0.497 e. The van der Waals surface area contributed by atoms with E-state index < -0.39 is 39.8 Å². The lowest BCUT2D eigenvalue weighted by atomic mass is 10.3. The summed E-state index contributed by atoms with van der Waals surface area (Å²) in [7, 11) is -2.67. The molecule has 0 spiro atoms. The van der Waals surface area contributed by atoms with Crippen LogP contribution >= 0.6 is 0 Å². The third-order valence-corrected chi connectivity index (χ3v) is 5.99. The summed E-state index contributed by atoms with van der Waals surface area (Å²) in [4.78, 5) is 12.5. The zero-order chi connectivity index (χ0) is 21.7. The number of ether oxygens (including phenoxy) is 1. The molecule has 9 heteroatoms. The summed E-state index contributed by atoms with van der Waals surface area (Å²) in [6, 6.07) is 16.7. The molecule has 6 nitrogen and oxygen atoms in total. The maximum absolute atomic E-state index is 13.9. The van der Waals surface area contributed by atoms with E-state index in [1.165, 1.54) is 43.5 Å². The van der Waals surface area contributed by atoms with Gasteiger partial charge in [-0.3, -0.25) is 9.10 Å². The molecule has 0 aliphatic rings. The highest BCUT2D eigenvalue weighted by Crippen LogP contribution is 2.26. The third-order valence-electron chi connectivity index (χ3n) is 4.21. The molecule has 0 fully saturated rings. The summed E-state index contributed by atoms with van der Waals surface area (Å²) in [5, 5.41) is 2.11. The third kappa shape index (κ3) is 4.57. The van der Waals surface area contributed by atoms with Gasteiger partial charge in [-0.1, -0.05) is 24.3 Å². The predicted molar refractivity (Wildman–Crippen MR) is 109 cm³/mol. The van der Waals surface area contributed by atoms with Gasteiger partial charge in [0.2, 0.25) is 5.91 Å². The molecule has 0 aliphatic carbocycles. The molecule has 3 rings (SSSR count). The lowest BCUT2D eigenvalue weighted by Crippen LogP contribution is -2.38. The fraction of sp³-hybridized carbons (Fsp3) is 0.0952. The lowest BCUT2D eigenvalue weighted by molar-refractivity contribution is -0.114. The number of para-hydroxylation sites is 1. The Balaban J connectivity index is 1.96. The fourth-order valence-electron chi connectivity index (χ4n) is 2.71. The number of sulfonamides is 1. The minimum atomic E-state index is -4.14. The molecule has 3 aromatic carbocycles. The number of carbonyl (C=O) groups is 1. The van der Waals surface area contributed by atoms with Crippen molar-refractivity contribution in [3.63, 3.8) is 0 Å². The van der Waals surface area contributed by atoms with Crippen molar-refractivity contribution in [3.8, 4) is 5.75 Å². The number of anilines is 2. The zero-order valence-electron chi connectivity index (χ0n) is 15.9. The van der Waals surface area contributed by atoms with E-state index in [1.54, 1.807) is 18.2 Å². The molecule has 0 radical (unpaired) electrons. The van der Waals surface area contributed by atoms with E-state index in [4.69, 9.17) is 4.74 Å². The van der Waals surface area contributed by atoms with E-state index in [-0.39, 0.29) is 10.6 Å². The van der Waals surface area contributed by atoms with Gasteiger partial charge in [-0.25, -0.2) is 17.2 Å². The molecule has 3 aromatic rings. The normalized spacial score (nSPS) is 11.0. The van der Waals surface area contributed by atoms with Crippen LogP contribution in [0.3, 0.4) is 0 Å². The largest absolute Gasteiger partial charge is 0.497 e. The first kappa shape index (κ1) is 21.3. The highest BCUT2D eigenvalue weighted by Gasteiger charge is 2.27. The van der Waals surface area contributed by atoms with Gasteiger partial charge < -0.3 is 10.1 Å². The fourth-order valence-corrected chi connectivity index (χ4v) is 4.15. The molecule has 0 saturated heterocycles. The molecule has 0 bridgehead atoms. The number of amides is 1. The Labute approximate surface area is 172 Å². The van der Waals surface area contributed by atoms with Gasteiger partial charge in [0, 0.05) is 0 Å². The first-order chi connectivity index (χ1) is 14.3. The first-order valence-corrected chi connectivity index (χ1v) is 10.2. The van der Waals surface area contributed by atoms with Gasteiger partial charge >= 0.3 is 0 Å². The summed E-state index contributed by atoms with van der Waals surface area (Å²) in [5.74, 6) is -2.35. The number of benzene rings is 3. The van der Waals surface area contributed by atoms with Crippen LogP contribution in [0.5, 0.6) is 5.75 Å². The number of rotatable bonds is 7. The Morgan fingerprint density at radius 2 is 1.53 bits per heavy atom. The van der Waals surface area contributed by atoms with Gasteiger partial charge in [-0.2, -0.15) is 0 Å². The van der Waals surface area contributed by atoms with Crippen LogP contribution in [-0.4, -0.2) is 28.0 Å². The molecule has 0 heterocycles. The van der Waals surface area contributed by atoms with Gasteiger partial charge in [-0.15, -0.1) is 0 Å². The van der Waals surface area contributed by atoms with Crippen LogP contribution in [0.2, 0.25) is 0 Å². The molecule has 0 aromatic heterocycles. The molecule has 0 atom stereocenters. The Kier molecular flexibility index (Phi) is 6.31. The van der Waals surface area contributed by atoms with Crippen molar-refractivity contribution in [2.45, 2.75) is 4.90 Å². The van der Waals surface area contributed by atoms with Crippen molar-refractivity contribution < 1.29 is 26.7 Å². The SMILES string of the molecule is COc1ccc(N(CC(=O)Nc2c(F)cccc2F)S(=O)(=O)c2ccccc2)cc1. The summed E-state index contributed by atoms with van der Waals surface area (Å²) in [5.41, 5.74) is -0.460. The quantitative estimate of drug-likeness (QED) is 0.616. The van der Waals surface area contributed by atoms with Gasteiger partial charge in [0.15, 0.2) is 0 Å².